The number of nitrogens with zero attached hydrogens (tertiary/aromatic N) is 1. The summed E-state index contributed by atoms with van der Waals surface area (Å²) in [4.78, 5) is 31.8. The van der Waals surface area contributed by atoms with Crippen LogP contribution in [-0.4, -0.2) is 21.7 Å². The molecule has 0 saturated heterocycles. The molecule has 0 saturated carbocycles. The first kappa shape index (κ1) is 14.1. The number of amides is 1. The summed E-state index contributed by atoms with van der Waals surface area (Å²) in [6.45, 7) is 0. The average Bonchev–Trinajstić information content (AvgIpc) is 3.23. The first-order valence-electron chi connectivity index (χ1n) is 7.48. The highest BCUT2D eigenvalue weighted by Crippen LogP contribution is 2.34. The van der Waals surface area contributed by atoms with Gasteiger partial charge in [0.2, 0.25) is 0 Å². The molecule has 3 aromatic rings. The van der Waals surface area contributed by atoms with Gasteiger partial charge in [-0.1, -0.05) is 0 Å². The van der Waals surface area contributed by atoms with E-state index >= 15 is 0 Å². The Morgan fingerprint density at radius 2 is 2.00 bits per heavy atom. The number of carbonyl (C=O) groups excluding carboxylic acids is 2. The zero-order chi connectivity index (χ0) is 16.5. The number of carbonyl (C=O) groups is 2. The molecule has 0 fully saturated rings. The number of anilines is 1. The number of aromatic nitrogens is 2. The van der Waals surface area contributed by atoms with E-state index in [1.54, 1.807) is 48.8 Å². The maximum atomic E-state index is 12.6. The van der Waals surface area contributed by atoms with Gasteiger partial charge in [0, 0.05) is 46.7 Å². The van der Waals surface area contributed by atoms with Gasteiger partial charge in [0.25, 0.3) is 5.91 Å². The number of benzene rings is 1. The van der Waals surface area contributed by atoms with Gasteiger partial charge in [0.1, 0.15) is 0 Å². The van der Waals surface area contributed by atoms with Crippen molar-refractivity contribution in [3.8, 4) is 0 Å². The van der Waals surface area contributed by atoms with Gasteiger partial charge < -0.3 is 10.3 Å². The topological polar surface area (TPSA) is 74.8 Å². The molecule has 5 heteroatoms. The zero-order valence-corrected chi connectivity index (χ0v) is 12.6. The number of ketones is 1. The number of H-pyrrole nitrogens is 1. The molecule has 0 bridgehead atoms. The third kappa shape index (κ3) is 2.42. The largest absolute Gasteiger partial charge is 0.362 e. The van der Waals surface area contributed by atoms with E-state index in [1.807, 2.05) is 12.1 Å². The molecule has 0 aliphatic carbocycles. The molecule has 0 unspecified atom stereocenters. The summed E-state index contributed by atoms with van der Waals surface area (Å²) in [5.41, 5.74) is 3.84. The van der Waals surface area contributed by atoms with Crippen LogP contribution in [0.25, 0.3) is 11.6 Å². The predicted octanol–water partition coefficient (Wildman–Crippen LogP) is 3.13. The van der Waals surface area contributed by atoms with E-state index in [-0.39, 0.29) is 11.7 Å². The summed E-state index contributed by atoms with van der Waals surface area (Å²) in [5.74, 6) is -0.296. The van der Waals surface area contributed by atoms with Crippen molar-refractivity contribution in [2.24, 2.45) is 0 Å². The molecule has 116 valence electrons. The standard InChI is InChI=1S/C19H13N3O2/c23-18(13-3-1-7-20-11-13)12-5-6-17-15(9-12)16(19(24)22-17)10-14-4-2-8-21-14/h1-11,21H,(H,22,24)/b16-10-. The Labute approximate surface area is 138 Å². The number of hydrogen-bond donors (Lipinski definition) is 2. The highest BCUT2D eigenvalue weighted by atomic mass is 16.2. The fourth-order valence-electron chi connectivity index (χ4n) is 2.73. The van der Waals surface area contributed by atoms with Crippen molar-refractivity contribution in [3.05, 3.63) is 83.4 Å². The van der Waals surface area contributed by atoms with Gasteiger partial charge in [-0.05, 0) is 48.5 Å². The first-order valence-corrected chi connectivity index (χ1v) is 7.48. The molecule has 1 aromatic carbocycles. The molecule has 5 nitrogen and oxygen atoms in total. The molecule has 1 amide bonds. The van der Waals surface area contributed by atoms with Crippen LogP contribution in [0.2, 0.25) is 0 Å². The fourth-order valence-corrected chi connectivity index (χ4v) is 2.73. The fraction of sp³-hybridized carbons (Fsp3) is 0. The second-order valence-electron chi connectivity index (χ2n) is 5.47. The summed E-state index contributed by atoms with van der Waals surface area (Å²) in [6, 6.07) is 12.4. The Hall–Kier alpha value is -3.47. The number of hydrogen-bond acceptors (Lipinski definition) is 3. The monoisotopic (exact) mass is 315 g/mol. The lowest BCUT2D eigenvalue weighted by molar-refractivity contribution is -0.110. The van der Waals surface area contributed by atoms with Crippen LogP contribution in [-0.2, 0) is 4.79 Å². The summed E-state index contributed by atoms with van der Waals surface area (Å²) >= 11 is 0. The van der Waals surface area contributed by atoms with Crippen molar-refractivity contribution in [3.63, 3.8) is 0 Å². The van der Waals surface area contributed by atoms with Crippen LogP contribution < -0.4 is 5.32 Å². The smallest absolute Gasteiger partial charge is 0.256 e. The second kappa shape index (κ2) is 5.62. The molecule has 24 heavy (non-hydrogen) atoms. The van der Waals surface area contributed by atoms with E-state index in [1.165, 1.54) is 6.20 Å². The minimum atomic E-state index is -0.175. The Bertz CT molecular complexity index is 958. The summed E-state index contributed by atoms with van der Waals surface area (Å²) in [7, 11) is 0. The normalized spacial score (nSPS) is 14.5. The van der Waals surface area contributed by atoms with E-state index in [4.69, 9.17) is 0 Å². The van der Waals surface area contributed by atoms with Gasteiger partial charge in [0.05, 0.1) is 5.57 Å². The lowest BCUT2D eigenvalue weighted by Crippen LogP contribution is -2.03. The van der Waals surface area contributed by atoms with Crippen molar-refractivity contribution in [2.75, 3.05) is 5.32 Å². The van der Waals surface area contributed by atoms with E-state index in [0.717, 1.165) is 11.3 Å². The Morgan fingerprint density at radius 3 is 2.75 bits per heavy atom. The molecule has 0 atom stereocenters. The van der Waals surface area contributed by atoms with Gasteiger partial charge in [-0.3, -0.25) is 14.6 Å². The van der Waals surface area contributed by atoms with Crippen molar-refractivity contribution >= 4 is 29.0 Å². The molecule has 1 aliphatic rings. The van der Waals surface area contributed by atoms with Crippen molar-refractivity contribution < 1.29 is 9.59 Å². The number of aromatic amines is 1. The molecular weight excluding hydrogens is 302 g/mol. The van der Waals surface area contributed by atoms with Crippen molar-refractivity contribution in [1.82, 2.24) is 9.97 Å². The van der Waals surface area contributed by atoms with Gasteiger partial charge in [-0.15, -0.1) is 0 Å². The van der Waals surface area contributed by atoms with E-state index in [2.05, 4.69) is 15.3 Å². The highest BCUT2D eigenvalue weighted by Gasteiger charge is 2.25. The second-order valence-corrected chi connectivity index (χ2v) is 5.47. The maximum absolute atomic E-state index is 12.6. The maximum Gasteiger partial charge on any atom is 0.256 e. The number of pyridine rings is 1. The lowest BCUT2D eigenvalue weighted by Gasteiger charge is -2.04. The van der Waals surface area contributed by atoms with Gasteiger partial charge in [-0.2, -0.15) is 0 Å². The molecular formula is C19H13N3O2. The van der Waals surface area contributed by atoms with Crippen LogP contribution in [0.15, 0.2) is 61.1 Å². The van der Waals surface area contributed by atoms with Crippen LogP contribution in [0, 0.1) is 0 Å². The highest BCUT2D eigenvalue weighted by molar-refractivity contribution is 6.35. The summed E-state index contributed by atoms with van der Waals surface area (Å²) < 4.78 is 0. The molecule has 3 heterocycles. The molecule has 2 N–H and O–H groups in total. The lowest BCUT2D eigenvalue weighted by atomic mass is 9.99. The van der Waals surface area contributed by atoms with Crippen molar-refractivity contribution in [1.29, 1.82) is 0 Å². The average molecular weight is 315 g/mol. The molecule has 0 radical (unpaired) electrons. The van der Waals surface area contributed by atoms with Crippen LogP contribution in [0.3, 0.4) is 0 Å². The third-order valence-electron chi connectivity index (χ3n) is 3.91. The third-order valence-corrected chi connectivity index (χ3v) is 3.91. The quantitative estimate of drug-likeness (QED) is 0.576. The number of fused-ring (bicyclic) bond motifs is 1. The number of rotatable bonds is 3. The molecule has 0 spiro atoms. The Balaban J connectivity index is 1.77. The van der Waals surface area contributed by atoms with Crippen LogP contribution >= 0.6 is 0 Å². The molecule has 2 aromatic heterocycles. The SMILES string of the molecule is O=C1Nc2ccc(C(=O)c3cccnc3)cc2/C1=C/c1ccc[nH]1. The summed E-state index contributed by atoms with van der Waals surface area (Å²) in [5, 5.41) is 2.82. The van der Waals surface area contributed by atoms with E-state index in [0.29, 0.717) is 22.4 Å². The van der Waals surface area contributed by atoms with Crippen molar-refractivity contribution in [2.45, 2.75) is 0 Å². The predicted molar refractivity (Wildman–Crippen MR) is 91.4 cm³/mol. The van der Waals surface area contributed by atoms with Gasteiger partial charge in [-0.25, -0.2) is 0 Å². The number of nitrogens with one attached hydrogen (secondary N) is 2. The van der Waals surface area contributed by atoms with E-state index < -0.39 is 0 Å². The van der Waals surface area contributed by atoms with Crippen LogP contribution in [0.4, 0.5) is 5.69 Å². The Morgan fingerprint density at radius 1 is 1.08 bits per heavy atom. The van der Waals surface area contributed by atoms with Gasteiger partial charge in [0.15, 0.2) is 5.78 Å². The first-order chi connectivity index (χ1) is 11.7. The van der Waals surface area contributed by atoms with Gasteiger partial charge >= 0.3 is 0 Å². The van der Waals surface area contributed by atoms with Crippen LogP contribution in [0.5, 0.6) is 0 Å². The Kier molecular flexibility index (Phi) is 3.31. The van der Waals surface area contributed by atoms with E-state index in [9.17, 15) is 9.59 Å². The van der Waals surface area contributed by atoms with Crippen LogP contribution in [0.1, 0.15) is 27.2 Å². The molecule has 4 rings (SSSR count). The zero-order valence-electron chi connectivity index (χ0n) is 12.6. The minimum Gasteiger partial charge on any atom is -0.362 e. The molecule has 1 aliphatic heterocycles. The minimum absolute atomic E-state index is 0.121. The summed E-state index contributed by atoms with van der Waals surface area (Å²) in [6.07, 6.45) is 6.73.